The Kier molecular flexibility index (Phi) is 3.09. The third kappa shape index (κ3) is 2.73. The second kappa shape index (κ2) is 4.06. The van der Waals surface area contributed by atoms with Crippen molar-refractivity contribution in [3.8, 4) is 0 Å². The van der Waals surface area contributed by atoms with E-state index in [1.54, 1.807) is 0 Å². The fourth-order valence-corrected chi connectivity index (χ4v) is 2.52. The molecule has 1 aliphatic carbocycles. The van der Waals surface area contributed by atoms with Crippen molar-refractivity contribution in [2.24, 2.45) is 11.3 Å². The Hall–Kier alpha value is -0.0800. The van der Waals surface area contributed by atoms with E-state index >= 15 is 0 Å². The fraction of sp³-hybridized carbons (Fsp3) is 1.00. The SMILES string of the molecule is CC(N1CCNC(C2CC2)C1)C(C)(C)C. The molecular weight excluding hydrogens is 184 g/mol. The van der Waals surface area contributed by atoms with Crippen molar-refractivity contribution in [1.82, 2.24) is 10.2 Å². The Bertz CT molecular complexity index is 215. The van der Waals surface area contributed by atoms with Gasteiger partial charge in [-0.2, -0.15) is 0 Å². The van der Waals surface area contributed by atoms with E-state index < -0.39 is 0 Å². The highest BCUT2D eigenvalue weighted by Crippen LogP contribution is 2.35. The fourth-order valence-electron chi connectivity index (χ4n) is 2.52. The van der Waals surface area contributed by atoms with Gasteiger partial charge in [-0.05, 0) is 31.1 Å². The number of piperazine rings is 1. The standard InChI is InChI=1S/C13H26N2/c1-10(13(2,3)4)15-8-7-14-12(9-15)11-5-6-11/h10-12,14H,5-9H2,1-4H3. The molecule has 0 radical (unpaired) electrons. The maximum atomic E-state index is 3.68. The average molecular weight is 210 g/mol. The van der Waals surface area contributed by atoms with Crippen LogP contribution in [0.2, 0.25) is 0 Å². The molecule has 1 aliphatic heterocycles. The molecule has 2 nitrogen and oxygen atoms in total. The van der Waals surface area contributed by atoms with Crippen LogP contribution in [0.3, 0.4) is 0 Å². The molecule has 15 heavy (non-hydrogen) atoms. The summed E-state index contributed by atoms with van der Waals surface area (Å²) in [7, 11) is 0. The molecule has 0 aromatic rings. The third-order valence-corrected chi connectivity index (χ3v) is 4.23. The maximum absolute atomic E-state index is 3.68. The van der Waals surface area contributed by atoms with Crippen molar-refractivity contribution in [2.45, 2.75) is 52.6 Å². The zero-order chi connectivity index (χ0) is 11.1. The van der Waals surface area contributed by atoms with Gasteiger partial charge in [-0.1, -0.05) is 20.8 Å². The largest absolute Gasteiger partial charge is 0.311 e. The molecule has 1 saturated heterocycles. The van der Waals surface area contributed by atoms with Crippen LogP contribution in [0.15, 0.2) is 0 Å². The third-order valence-electron chi connectivity index (χ3n) is 4.23. The highest BCUT2D eigenvalue weighted by Gasteiger charge is 2.36. The van der Waals surface area contributed by atoms with E-state index in [-0.39, 0.29) is 0 Å². The average Bonchev–Trinajstić information content (AvgIpc) is 2.98. The van der Waals surface area contributed by atoms with E-state index in [9.17, 15) is 0 Å². The number of hydrogen-bond donors (Lipinski definition) is 1. The van der Waals surface area contributed by atoms with Crippen LogP contribution in [-0.4, -0.2) is 36.6 Å². The van der Waals surface area contributed by atoms with Crippen LogP contribution >= 0.6 is 0 Å². The van der Waals surface area contributed by atoms with Crippen molar-refractivity contribution < 1.29 is 0 Å². The van der Waals surface area contributed by atoms with Gasteiger partial charge in [0.15, 0.2) is 0 Å². The molecule has 1 N–H and O–H groups in total. The number of nitrogens with one attached hydrogen (secondary N) is 1. The summed E-state index contributed by atoms with van der Waals surface area (Å²) in [5.74, 6) is 0.986. The smallest absolute Gasteiger partial charge is 0.0223 e. The first-order valence-corrected chi connectivity index (χ1v) is 6.46. The van der Waals surface area contributed by atoms with Crippen molar-refractivity contribution in [3.05, 3.63) is 0 Å². The normalized spacial score (nSPS) is 31.6. The molecule has 0 aromatic heterocycles. The van der Waals surface area contributed by atoms with E-state index in [1.807, 2.05) is 0 Å². The summed E-state index contributed by atoms with van der Waals surface area (Å²) in [5.41, 5.74) is 0.408. The number of rotatable bonds is 2. The van der Waals surface area contributed by atoms with Gasteiger partial charge in [0.05, 0.1) is 0 Å². The molecule has 2 atom stereocenters. The first-order valence-electron chi connectivity index (χ1n) is 6.46. The summed E-state index contributed by atoms with van der Waals surface area (Å²) in [6.45, 7) is 13.1. The van der Waals surface area contributed by atoms with E-state index in [2.05, 4.69) is 37.9 Å². The van der Waals surface area contributed by atoms with E-state index in [4.69, 9.17) is 0 Å². The van der Waals surface area contributed by atoms with Gasteiger partial charge in [-0.25, -0.2) is 0 Å². The predicted octanol–water partition coefficient (Wildman–Crippen LogP) is 2.10. The zero-order valence-electron chi connectivity index (χ0n) is 10.7. The van der Waals surface area contributed by atoms with E-state index in [1.165, 1.54) is 32.5 Å². The Morgan fingerprint density at radius 2 is 1.93 bits per heavy atom. The second-order valence-corrected chi connectivity index (χ2v) is 6.43. The molecule has 0 aromatic carbocycles. The lowest BCUT2D eigenvalue weighted by molar-refractivity contribution is 0.0775. The minimum Gasteiger partial charge on any atom is -0.311 e. The molecular formula is C13H26N2. The van der Waals surface area contributed by atoms with Crippen LogP contribution in [0.25, 0.3) is 0 Å². The second-order valence-electron chi connectivity index (χ2n) is 6.43. The highest BCUT2D eigenvalue weighted by molar-refractivity contribution is 4.93. The van der Waals surface area contributed by atoms with Gasteiger partial charge in [0.1, 0.15) is 0 Å². The lowest BCUT2D eigenvalue weighted by Gasteiger charge is -2.43. The molecule has 2 rings (SSSR count). The molecule has 2 aliphatic rings. The van der Waals surface area contributed by atoms with E-state index in [0.717, 1.165) is 12.0 Å². The van der Waals surface area contributed by atoms with Crippen LogP contribution in [-0.2, 0) is 0 Å². The monoisotopic (exact) mass is 210 g/mol. The van der Waals surface area contributed by atoms with Gasteiger partial charge < -0.3 is 5.32 Å². The first kappa shape index (κ1) is 11.4. The molecule has 2 heteroatoms. The van der Waals surface area contributed by atoms with Crippen LogP contribution < -0.4 is 5.32 Å². The van der Waals surface area contributed by atoms with Crippen LogP contribution in [0.5, 0.6) is 0 Å². The Balaban J connectivity index is 1.91. The van der Waals surface area contributed by atoms with Crippen LogP contribution in [0.1, 0.15) is 40.5 Å². The highest BCUT2D eigenvalue weighted by atomic mass is 15.2. The van der Waals surface area contributed by atoms with Gasteiger partial charge in [-0.3, -0.25) is 4.90 Å². The van der Waals surface area contributed by atoms with Crippen molar-refractivity contribution in [3.63, 3.8) is 0 Å². The minimum atomic E-state index is 0.408. The zero-order valence-corrected chi connectivity index (χ0v) is 10.7. The number of nitrogens with zero attached hydrogens (tertiary/aromatic N) is 1. The summed E-state index contributed by atoms with van der Waals surface area (Å²) in [6, 6.07) is 1.48. The maximum Gasteiger partial charge on any atom is 0.0223 e. The molecule has 1 saturated carbocycles. The summed E-state index contributed by atoms with van der Waals surface area (Å²) >= 11 is 0. The summed E-state index contributed by atoms with van der Waals surface area (Å²) in [5, 5.41) is 3.68. The quantitative estimate of drug-likeness (QED) is 0.751. The number of hydrogen-bond acceptors (Lipinski definition) is 2. The van der Waals surface area contributed by atoms with Crippen LogP contribution in [0, 0.1) is 11.3 Å². The molecule has 0 spiro atoms. The lowest BCUT2D eigenvalue weighted by Crippen LogP contribution is -2.56. The topological polar surface area (TPSA) is 15.3 Å². The molecule has 2 fully saturated rings. The molecule has 88 valence electrons. The van der Waals surface area contributed by atoms with Gasteiger partial charge in [0, 0.05) is 31.7 Å². The molecule has 0 amide bonds. The van der Waals surface area contributed by atoms with Crippen molar-refractivity contribution >= 4 is 0 Å². The van der Waals surface area contributed by atoms with Crippen molar-refractivity contribution in [2.75, 3.05) is 19.6 Å². The Morgan fingerprint density at radius 1 is 1.27 bits per heavy atom. The molecule has 1 heterocycles. The Labute approximate surface area is 94.4 Å². The van der Waals surface area contributed by atoms with Gasteiger partial charge in [0.25, 0.3) is 0 Å². The summed E-state index contributed by atoms with van der Waals surface area (Å²) in [4.78, 5) is 2.68. The first-order chi connectivity index (χ1) is 6.98. The molecule has 0 bridgehead atoms. The molecule has 2 unspecified atom stereocenters. The summed E-state index contributed by atoms with van der Waals surface area (Å²) < 4.78 is 0. The van der Waals surface area contributed by atoms with Gasteiger partial charge in [-0.15, -0.1) is 0 Å². The minimum absolute atomic E-state index is 0.408. The van der Waals surface area contributed by atoms with Crippen LogP contribution in [0.4, 0.5) is 0 Å². The van der Waals surface area contributed by atoms with Gasteiger partial charge >= 0.3 is 0 Å². The lowest BCUT2D eigenvalue weighted by atomic mass is 9.86. The predicted molar refractivity (Wildman–Crippen MR) is 65.0 cm³/mol. The summed E-state index contributed by atoms with van der Waals surface area (Å²) in [6.07, 6.45) is 2.91. The Morgan fingerprint density at radius 3 is 2.47 bits per heavy atom. The van der Waals surface area contributed by atoms with Gasteiger partial charge in [0.2, 0.25) is 0 Å². The van der Waals surface area contributed by atoms with E-state index in [0.29, 0.717) is 11.5 Å². The van der Waals surface area contributed by atoms with Crippen molar-refractivity contribution in [1.29, 1.82) is 0 Å².